The zero-order valence-corrected chi connectivity index (χ0v) is 9.94. The maximum Gasteiger partial charge on any atom is 0.312 e. The summed E-state index contributed by atoms with van der Waals surface area (Å²) in [5.74, 6) is 0. The summed E-state index contributed by atoms with van der Waals surface area (Å²) in [4.78, 5) is 10.8. The molecule has 90 valence electrons. The molecule has 1 aliphatic carbocycles. The molecule has 0 heterocycles. The molecule has 0 fully saturated rings. The third-order valence-electron chi connectivity index (χ3n) is 3.40. The second-order valence-corrected chi connectivity index (χ2v) is 4.49. The molecule has 0 atom stereocenters. The minimum atomic E-state index is -0.483. The number of nitrogens with one attached hydrogen (secondary N) is 1. The van der Waals surface area contributed by atoms with Crippen molar-refractivity contribution in [3.05, 3.63) is 59.2 Å². The summed E-state index contributed by atoms with van der Waals surface area (Å²) in [5.41, 5.74) is 11.5. The van der Waals surface area contributed by atoms with E-state index in [0.29, 0.717) is 6.54 Å². The van der Waals surface area contributed by atoms with Gasteiger partial charge in [0.2, 0.25) is 0 Å². The number of rotatable bonds is 2. The van der Waals surface area contributed by atoms with E-state index in [4.69, 9.17) is 5.73 Å². The van der Waals surface area contributed by atoms with Gasteiger partial charge in [-0.3, -0.25) is 0 Å². The van der Waals surface area contributed by atoms with Gasteiger partial charge in [-0.15, -0.1) is 0 Å². The Kier molecular flexibility index (Phi) is 2.52. The fourth-order valence-electron chi connectivity index (χ4n) is 2.57. The van der Waals surface area contributed by atoms with Gasteiger partial charge in [-0.25, -0.2) is 4.79 Å². The summed E-state index contributed by atoms with van der Waals surface area (Å²) in [6, 6.07) is 14.1. The molecule has 3 heteroatoms. The number of primary amides is 1. The molecule has 0 saturated carbocycles. The molecule has 0 aliphatic heterocycles. The van der Waals surface area contributed by atoms with E-state index in [9.17, 15) is 4.79 Å². The molecule has 0 bridgehead atoms. The van der Waals surface area contributed by atoms with E-state index in [1.165, 1.54) is 22.3 Å². The minimum absolute atomic E-state index is 0.483. The molecule has 3 rings (SSSR count). The van der Waals surface area contributed by atoms with Crippen molar-refractivity contribution >= 4 is 6.03 Å². The Morgan fingerprint density at radius 2 is 1.89 bits per heavy atom. The average Bonchev–Trinajstić information content (AvgIpc) is 2.75. The van der Waals surface area contributed by atoms with E-state index >= 15 is 0 Å². The molecule has 0 spiro atoms. The predicted molar refractivity (Wildman–Crippen MR) is 71.1 cm³/mol. The molecular formula is C15H14N2O. The zero-order chi connectivity index (χ0) is 12.5. The van der Waals surface area contributed by atoms with Gasteiger partial charge in [-0.2, -0.15) is 0 Å². The molecule has 3 N–H and O–H groups in total. The predicted octanol–water partition coefficient (Wildman–Crippen LogP) is 2.43. The molecule has 2 aromatic carbocycles. The summed E-state index contributed by atoms with van der Waals surface area (Å²) in [7, 11) is 0. The van der Waals surface area contributed by atoms with Crippen LogP contribution in [0.3, 0.4) is 0 Å². The van der Waals surface area contributed by atoms with Crippen LogP contribution in [0.15, 0.2) is 42.5 Å². The lowest BCUT2D eigenvalue weighted by atomic mass is 10.0. The number of hydrogen-bond acceptors (Lipinski definition) is 1. The van der Waals surface area contributed by atoms with E-state index in [1.807, 2.05) is 12.1 Å². The Morgan fingerprint density at radius 3 is 2.72 bits per heavy atom. The highest BCUT2D eigenvalue weighted by Gasteiger charge is 2.19. The first-order valence-corrected chi connectivity index (χ1v) is 5.98. The van der Waals surface area contributed by atoms with Gasteiger partial charge in [0, 0.05) is 6.54 Å². The number of carbonyl (C=O) groups excluding carboxylic acids is 1. The summed E-state index contributed by atoms with van der Waals surface area (Å²) in [6.07, 6.45) is 0.933. The van der Waals surface area contributed by atoms with Crippen LogP contribution in [0.2, 0.25) is 0 Å². The SMILES string of the molecule is NC(=O)NCc1cccc2c1Cc1ccccc1-2. The van der Waals surface area contributed by atoms with E-state index in [1.54, 1.807) is 0 Å². The lowest BCUT2D eigenvalue weighted by Crippen LogP contribution is -2.28. The summed E-state index contributed by atoms with van der Waals surface area (Å²) in [5, 5.41) is 2.66. The van der Waals surface area contributed by atoms with Crippen LogP contribution in [0.5, 0.6) is 0 Å². The van der Waals surface area contributed by atoms with Crippen LogP contribution in [0.25, 0.3) is 11.1 Å². The van der Waals surface area contributed by atoms with E-state index in [0.717, 1.165) is 12.0 Å². The fraction of sp³-hybridized carbons (Fsp3) is 0.133. The Bertz CT molecular complexity index is 620. The Balaban J connectivity index is 2.00. The maximum absolute atomic E-state index is 10.8. The topological polar surface area (TPSA) is 55.1 Å². The molecule has 3 nitrogen and oxygen atoms in total. The van der Waals surface area contributed by atoms with Crippen LogP contribution < -0.4 is 11.1 Å². The van der Waals surface area contributed by atoms with E-state index < -0.39 is 6.03 Å². The monoisotopic (exact) mass is 238 g/mol. The lowest BCUT2D eigenvalue weighted by molar-refractivity contribution is 0.248. The Labute approximate surface area is 106 Å². The second-order valence-electron chi connectivity index (χ2n) is 4.49. The largest absolute Gasteiger partial charge is 0.352 e. The normalized spacial score (nSPS) is 11.8. The van der Waals surface area contributed by atoms with Crippen LogP contribution in [0, 0.1) is 0 Å². The summed E-state index contributed by atoms with van der Waals surface area (Å²) < 4.78 is 0. The van der Waals surface area contributed by atoms with Crippen LogP contribution in [0.4, 0.5) is 4.79 Å². The summed E-state index contributed by atoms with van der Waals surface area (Å²) in [6.45, 7) is 0.493. The molecule has 18 heavy (non-hydrogen) atoms. The Morgan fingerprint density at radius 1 is 1.11 bits per heavy atom. The molecule has 2 aromatic rings. The van der Waals surface area contributed by atoms with Crippen molar-refractivity contribution in [3.8, 4) is 11.1 Å². The van der Waals surface area contributed by atoms with Gasteiger partial charge in [0.1, 0.15) is 0 Å². The molecule has 0 radical (unpaired) electrons. The van der Waals surface area contributed by atoms with E-state index in [-0.39, 0.29) is 0 Å². The first-order chi connectivity index (χ1) is 8.75. The number of hydrogen-bond donors (Lipinski definition) is 2. The standard InChI is InChI=1S/C15H14N2O/c16-15(18)17-9-11-5-3-7-13-12-6-2-1-4-10(12)8-14(11)13/h1-7H,8-9H2,(H3,16,17,18). The van der Waals surface area contributed by atoms with Gasteiger partial charge in [-0.1, -0.05) is 42.5 Å². The number of fused-ring (bicyclic) bond motifs is 3. The highest BCUT2D eigenvalue weighted by Crippen LogP contribution is 2.37. The molecule has 0 unspecified atom stereocenters. The molecule has 1 aliphatic rings. The smallest absolute Gasteiger partial charge is 0.312 e. The van der Waals surface area contributed by atoms with Crippen molar-refractivity contribution in [1.82, 2.24) is 5.32 Å². The van der Waals surface area contributed by atoms with Gasteiger partial charge < -0.3 is 11.1 Å². The van der Waals surface area contributed by atoms with Crippen molar-refractivity contribution in [3.63, 3.8) is 0 Å². The number of nitrogens with two attached hydrogens (primary N) is 1. The van der Waals surface area contributed by atoms with Crippen molar-refractivity contribution in [2.24, 2.45) is 5.73 Å². The average molecular weight is 238 g/mol. The van der Waals surface area contributed by atoms with Gasteiger partial charge in [0.25, 0.3) is 0 Å². The third-order valence-corrected chi connectivity index (χ3v) is 3.40. The van der Waals surface area contributed by atoms with Crippen molar-refractivity contribution < 1.29 is 4.79 Å². The number of carbonyl (C=O) groups is 1. The van der Waals surface area contributed by atoms with Gasteiger partial charge in [0.15, 0.2) is 0 Å². The fourth-order valence-corrected chi connectivity index (χ4v) is 2.57. The van der Waals surface area contributed by atoms with Crippen LogP contribution in [-0.2, 0) is 13.0 Å². The molecule has 0 aromatic heterocycles. The summed E-state index contributed by atoms with van der Waals surface area (Å²) >= 11 is 0. The number of benzene rings is 2. The molecule has 2 amide bonds. The number of urea groups is 1. The van der Waals surface area contributed by atoms with Crippen molar-refractivity contribution in [2.75, 3.05) is 0 Å². The van der Waals surface area contributed by atoms with Crippen LogP contribution >= 0.6 is 0 Å². The van der Waals surface area contributed by atoms with Gasteiger partial charge in [-0.05, 0) is 34.2 Å². The third kappa shape index (κ3) is 1.74. The first-order valence-electron chi connectivity index (χ1n) is 5.98. The van der Waals surface area contributed by atoms with Crippen molar-refractivity contribution in [2.45, 2.75) is 13.0 Å². The van der Waals surface area contributed by atoms with E-state index in [2.05, 4.69) is 35.6 Å². The van der Waals surface area contributed by atoms with Gasteiger partial charge in [0.05, 0.1) is 0 Å². The molecular weight excluding hydrogens is 224 g/mol. The number of amides is 2. The zero-order valence-electron chi connectivity index (χ0n) is 9.94. The Hall–Kier alpha value is -2.29. The maximum atomic E-state index is 10.8. The molecule has 0 saturated heterocycles. The highest BCUT2D eigenvalue weighted by atomic mass is 16.2. The van der Waals surface area contributed by atoms with Crippen molar-refractivity contribution in [1.29, 1.82) is 0 Å². The second kappa shape index (κ2) is 4.18. The van der Waals surface area contributed by atoms with Crippen LogP contribution in [-0.4, -0.2) is 6.03 Å². The lowest BCUT2D eigenvalue weighted by Gasteiger charge is -2.08. The highest BCUT2D eigenvalue weighted by molar-refractivity contribution is 5.78. The van der Waals surface area contributed by atoms with Crippen LogP contribution in [0.1, 0.15) is 16.7 Å². The quantitative estimate of drug-likeness (QED) is 0.707. The minimum Gasteiger partial charge on any atom is -0.352 e. The first kappa shape index (κ1) is 10.8. The van der Waals surface area contributed by atoms with Gasteiger partial charge >= 0.3 is 6.03 Å².